The first-order chi connectivity index (χ1) is 26.8. The van der Waals surface area contributed by atoms with Crippen LogP contribution in [0.4, 0.5) is 0 Å². The zero-order valence-corrected chi connectivity index (χ0v) is 34.5. The molecule has 320 valence electrons. The first-order valence-corrected chi connectivity index (χ1v) is 22.0. The van der Waals surface area contributed by atoms with E-state index in [0.717, 1.165) is 44.9 Å². The van der Waals surface area contributed by atoms with Crippen molar-refractivity contribution < 1.29 is 44.9 Å². The number of carbonyl (C=O) groups is 1. The van der Waals surface area contributed by atoms with Crippen LogP contribution in [0.15, 0.2) is 48.6 Å². The number of hydrogen-bond donors (Lipinski definition) is 7. The van der Waals surface area contributed by atoms with Gasteiger partial charge in [0, 0.05) is 0 Å². The van der Waals surface area contributed by atoms with Crippen molar-refractivity contribution in [2.45, 2.75) is 217 Å². The lowest BCUT2D eigenvalue weighted by atomic mass is 9.99. The summed E-state index contributed by atoms with van der Waals surface area (Å²) in [4.78, 5) is 13.0. The Morgan fingerprint density at radius 1 is 0.618 bits per heavy atom. The van der Waals surface area contributed by atoms with Gasteiger partial charge in [0.25, 0.3) is 0 Å². The van der Waals surface area contributed by atoms with Gasteiger partial charge in [0.2, 0.25) is 5.91 Å². The summed E-state index contributed by atoms with van der Waals surface area (Å²) >= 11 is 0. The molecule has 1 amide bonds. The van der Waals surface area contributed by atoms with E-state index in [1.54, 1.807) is 6.08 Å². The highest BCUT2D eigenvalue weighted by molar-refractivity contribution is 5.80. The Morgan fingerprint density at radius 2 is 1.07 bits per heavy atom. The molecule has 8 atom stereocenters. The third-order valence-corrected chi connectivity index (χ3v) is 10.2. The molecule has 1 saturated heterocycles. The highest BCUT2D eigenvalue weighted by Crippen LogP contribution is 2.22. The molecular formula is C45H81NO9. The SMILES string of the molecule is CCCCCCCCC/C=C\CCCCC(O)C(=O)NC(COC1OC(CO)C(O)C(O)C1O)C(O)/C=C/CC/C=C/CC/C=C/CCCCCCCCC. The quantitative estimate of drug-likeness (QED) is 0.0253. The van der Waals surface area contributed by atoms with Gasteiger partial charge in [-0.15, -0.1) is 0 Å². The zero-order chi connectivity index (χ0) is 40.4. The maximum absolute atomic E-state index is 13.0. The van der Waals surface area contributed by atoms with Crippen molar-refractivity contribution in [2.24, 2.45) is 0 Å². The molecule has 1 fully saturated rings. The van der Waals surface area contributed by atoms with Crippen molar-refractivity contribution in [1.29, 1.82) is 0 Å². The molecule has 0 aliphatic carbocycles. The van der Waals surface area contributed by atoms with E-state index in [1.165, 1.54) is 89.9 Å². The molecule has 10 heteroatoms. The number of nitrogens with one attached hydrogen (secondary N) is 1. The molecule has 1 heterocycles. The van der Waals surface area contributed by atoms with Crippen LogP contribution >= 0.6 is 0 Å². The normalized spacial score (nSPS) is 22.4. The van der Waals surface area contributed by atoms with E-state index in [1.807, 2.05) is 6.08 Å². The Balaban J connectivity index is 2.52. The lowest BCUT2D eigenvalue weighted by Crippen LogP contribution is -2.60. The molecule has 0 aromatic rings. The number of hydrogen-bond acceptors (Lipinski definition) is 9. The van der Waals surface area contributed by atoms with Gasteiger partial charge in [0.05, 0.1) is 25.4 Å². The van der Waals surface area contributed by atoms with Gasteiger partial charge in [-0.1, -0.05) is 146 Å². The van der Waals surface area contributed by atoms with E-state index in [-0.39, 0.29) is 13.0 Å². The maximum Gasteiger partial charge on any atom is 0.249 e. The van der Waals surface area contributed by atoms with Gasteiger partial charge in [0.1, 0.15) is 30.5 Å². The zero-order valence-electron chi connectivity index (χ0n) is 34.5. The summed E-state index contributed by atoms with van der Waals surface area (Å²) in [5, 5.41) is 64.5. The molecule has 8 unspecified atom stereocenters. The molecule has 0 saturated carbocycles. The lowest BCUT2D eigenvalue weighted by Gasteiger charge is -2.40. The highest BCUT2D eigenvalue weighted by Gasteiger charge is 2.44. The molecule has 1 rings (SSSR count). The van der Waals surface area contributed by atoms with Gasteiger partial charge >= 0.3 is 0 Å². The fourth-order valence-electron chi connectivity index (χ4n) is 6.54. The minimum Gasteiger partial charge on any atom is -0.394 e. The van der Waals surface area contributed by atoms with Crippen LogP contribution < -0.4 is 5.32 Å². The summed E-state index contributed by atoms with van der Waals surface area (Å²) in [6, 6.07) is -1.01. The average Bonchev–Trinajstić information content (AvgIpc) is 3.18. The molecule has 7 N–H and O–H groups in total. The monoisotopic (exact) mass is 780 g/mol. The summed E-state index contributed by atoms with van der Waals surface area (Å²) in [5.41, 5.74) is 0. The van der Waals surface area contributed by atoms with Crippen molar-refractivity contribution >= 4 is 5.91 Å². The number of unbranched alkanes of at least 4 members (excludes halogenated alkanes) is 18. The summed E-state index contributed by atoms with van der Waals surface area (Å²) in [7, 11) is 0. The van der Waals surface area contributed by atoms with E-state index in [9.17, 15) is 35.4 Å². The van der Waals surface area contributed by atoms with Crippen molar-refractivity contribution in [1.82, 2.24) is 5.32 Å². The van der Waals surface area contributed by atoms with E-state index < -0.39 is 61.5 Å². The summed E-state index contributed by atoms with van der Waals surface area (Å²) in [6.07, 6.45) is 33.4. The van der Waals surface area contributed by atoms with E-state index in [4.69, 9.17) is 9.47 Å². The van der Waals surface area contributed by atoms with Crippen LogP contribution in [-0.4, -0.2) is 98.7 Å². The number of ether oxygens (including phenoxy) is 2. The van der Waals surface area contributed by atoms with Gasteiger partial charge in [-0.25, -0.2) is 0 Å². The lowest BCUT2D eigenvalue weighted by molar-refractivity contribution is -0.302. The Kier molecular flexibility index (Phi) is 32.8. The average molecular weight is 780 g/mol. The molecule has 1 aliphatic heterocycles. The van der Waals surface area contributed by atoms with Crippen LogP contribution in [-0.2, 0) is 14.3 Å². The maximum atomic E-state index is 13.0. The molecular weight excluding hydrogens is 698 g/mol. The van der Waals surface area contributed by atoms with E-state index in [2.05, 4.69) is 55.6 Å². The Morgan fingerprint density at radius 3 is 1.58 bits per heavy atom. The first-order valence-electron chi connectivity index (χ1n) is 22.0. The number of amides is 1. The molecule has 55 heavy (non-hydrogen) atoms. The predicted octanol–water partition coefficient (Wildman–Crippen LogP) is 7.64. The molecule has 0 aromatic heterocycles. The molecule has 1 aliphatic rings. The van der Waals surface area contributed by atoms with Gasteiger partial charge in [-0.05, 0) is 70.6 Å². The van der Waals surface area contributed by atoms with Crippen LogP contribution in [0.5, 0.6) is 0 Å². The number of allylic oxidation sites excluding steroid dienone is 7. The van der Waals surface area contributed by atoms with Crippen LogP contribution in [0, 0.1) is 0 Å². The highest BCUT2D eigenvalue weighted by atomic mass is 16.7. The summed E-state index contributed by atoms with van der Waals surface area (Å²) in [6.45, 7) is 3.54. The second-order valence-corrected chi connectivity index (χ2v) is 15.3. The van der Waals surface area contributed by atoms with Gasteiger partial charge < -0.3 is 45.4 Å². The van der Waals surface area contributed by atoms with Crippen LogP contribution in [0.1, 0.15) is 168 Å². The Labute approximate surface area is 334 Å². The molecule has 0 spiro atoms. The number of rotatable bonds is 35. The first kappa shape index (κ1) is 51.1. The van der Waals surface area contributed by atoms with Gasteiger partial charge in [-0.3, -0.25) is 4.79 Å². The number of aliphatic hydroxyl groups is 6. The van der Waals surface area contributed by atoms with Crippen molar-refractivity contribution in [3.63, 3.8) is 0 Å². The fraction of sp³-hybridized carbons (Fsp3) is 0.800. The van der Waals surface area contributed by atoms with E-state index >= 15 is 0 Å². The number of carbonyl (C=O) groups excluding carboxylic acids is 1. The molecule has 10 nitrogen and oxygen atoms in total. The second-order valence-electron chi connectivity index (χ2n) is 15.3. The minimum atomic E-state index is -1.62. The minimum absolute atomic E-state index is 0.269. The standard InChI is InChI=1S/C45H81NO9/c1-3-5-7-9-11-13-15-17-18-19-20-22-23-25-27-29-31-33-38(48)37(36-54-45-43(52)42(51)41(50)40(35-47)55-45)46-44(53)39(49)34-32-30-28-26-24-21-16-14-12-10-8-6-4-2/h18-19,23-26,31,33,37-43,45,47-52H,3-17,20-22,27-30,32,34-36H2,1-2H3,(H,46,53)/b19-18+,25-23+,26-24-,33-31+. The van der Waals surface area contributed by atoms with Crippen molar-refractivity contribution in [2.75, 3.05) is 13.2 Å². The third kappa shape index (κ3) is 25.9. The smallest absolute Gasteiger partial charge is 0.249 e. The molecule has 0 bridgehead atoms. The molecule has 0 radical (unpaired) electrons. The van der Waals surface area contributed by atoms with E-state index in [0.29, 0.717) is 12.8 Å². The molecule has 0 aromatic carbocycles. The topological polar surface area (TPSA) is 169 Å². The predicted molar refractivity (Wildman–Crippen MR) is 222 cm³/mol. The summed E-state index contributed by atoms with van der Waals surface area (Å²) in [5.74, 6) is -0.649. The van der Waals surface area contributed by atoms with Gasteiger partial charge in [0.15, 0.2) is 6.29 Å². The van der Waals surface area contributed by atoms with Gasteiger partial charge in [-0.2, -0.15) is 0 Å². The van der Waals surface area contributed by atoms with Crippen LogP contribution in [0.3, 0.4) is 0 Å². The van der Waals surface area contributed by atoms with Crippen molar-refractivity contribution in [3.05, 3.63) is 48.6 Å². The third-order valence-electron chi connectivity index (χ3n) is 10.2. The van der Waals surface area contributed by atoms with Crippen LogP contribution in [0.25, 0.3) is 0 Å². The number of aliphatic hydroxyl groups excluding tert-OH is 6. The Hall–Kier alpha value is -1.89. The fourth-order valence-corrected chi connectivity index (χ4v) is 6.54. The largest absolute Gasteiger partial charge is 0.394 e. The summed E-state index contributed by atoms with van der Waals surface area (Å²) < 4.78 is 11.1. The van der Waals surface area contributed by atoms with Crippen molar-refractivity contribution in [3.8, 4) is 0 Å². The Bertz CT molecular complexity index is 1020. The second kappa shape index (κ2) is 35.3. The van der Waals surface area contributed by atoms with Crippen LogP contribution in [0.2, 0.25) is 0 Å².